The number of hydrogen-bond donors (Lipinski definition) is 2. The molecule has 4 atom stereocenters. The second-order valence-electron chi connectivity index (χ2n) is 9.81. The van der Waals surface area contributed by atoms with Gasteiger partial charge < -0.3 is 15.5 Å². The van der Waals surface area contributed by atoms with Crippen LogP contribution in [0.15, 0.2) is 78.9 Å². The Balaban J connectivity index is 1.51. The maximum atomic E-state index is 13.5. The van der Waals surface area contributed by atoms with E-state index in [-0.39, 0.29) is 29.7 Å². The molecule has 0 saturated carbocycles. The third-order valence-electron chi connectivity index (χ3n) is 6.93. The topological polar surface area (TPSA) is 78.5 Å². The average Bonchev–Trinajstić information content (AvgIpc) is 3.01. The Kier molecular flexibility index (Phi) is 8.51. The molecule has 0 aliphatic carbocycles. The van der Waals surface area contributed by atoms with Gasteiger partial charge in [-0.2, -0.15) is 0 Å². The molecule has 4 rings (SSSR count). The molecule has 1 aliphatic rings. The highest BCUT2D eigenvalue weighted by Crippen LogP contribution is 2.36. The van der Waals surface area contributed by atoms with Gasteiger partial charge in [0.2, 0.25) is 17.7 Å². The number of halogens is 2. The first-order chi connectivity index (χ1) is 18.2. The molecule has 8 heteroatoms. The number of nitrogens with zero attached hydrogens (tertiary/aromatic N) is 1. The lowest BCUT2D eigenvalue weighted by molar-refractivity contribution is -0.136. The maximum Gasteiger partial charge on any atom is 0.245 e. The monoisotopic (exact) mass is 519 g/mol. The van der Waals surface area contributed by atoms with Gasteiger partial charge in [-0.05, 0) is 42.2 Å². The first-order valence-corrected chi connectivity index (χ1v) is 12.6. The molecule has 3 aromatic rings. The highest BCUT2D eigenvalue weighted by molar-refractivity contribution is 5.92. The molecular formula is C30H31F2N3O3. The Morgan fingerprint density at radius 3 is 2.13 bits per heavy atom. The van der Waals surface area contributed by atoms with E-state index in [4.69, 9.17) is 0 Å². The second-order valence-corrected chi connectivity index (χ2v) is 9.81. The lowest BCUT2D eigenvalue weighted by atomic mass is 9.82. The molecular weight excluding hydrogens is 488 g/mol. The van der Waals surface area contributed by atoms with Crippen LogP contribution in [0.3, 0.4) is 0 Å². The molecule has 198 valence electrons. The lowest BCUT2D eigenvalue weighted by Crippen LogP contribution is -2.54. The summed E-state index contributed by atoms with van der Waals surface area (Å²) in [6.45, 7) is 2.02. The minimum Gasteiger partial charge on any atom is -0.344 e. The van der Waals surface area contributed by atoms with Crippen molar-refractivity contribution in [2.24, 2.45) is 0 Å². The molecule has 1 aliphatic heterocycles. The molecule has 2 N–H and O–H groups in total. The highest BCUT2D eigenvalue weighted by Gasteiger charge is 2.39. The molecule has 1 heterocycles. The first kappa shape index (κ1) is 27.0. The molecule has 0 bridgehead atoms. The van der Waals surface area contributed by atoms with Crippen molar-refractivity contribution in [3.05, 3.63) is 107 Å². The minimum absolute atomic E-state index is 0.0704. The van der Waals surface area contributed by atoms with Gasteiger partial charge >= 0.3 is 0 Å². The van der Waals surface area contributed by atoms with Crippen molar-refractivity contribution in [3.63, 3.8) is 0 Å². The van der Waals surface area contributed by atoms with Gasteiger partial charge in [0, 0.05) is 31.5 Å². The van der Waals surface area contributed by atoms with E-state index in [9.17, 15) is 23.2 Å². The second kappa shape index (κ2) is 12.0. The van der Waals surface area contributed by atoms with E-state index in [0.717, 1.165) is 29.3 Å². The molecule has 0 radical (unpaired) electrons. The van der Waals surface area contributed by atoms with E-state index in [1.165, 1.54) is 6.92 Å². The first-order valence-electron chi connectivity index (χ1n) is 12.6. The van der Waals surface area contributed by atoms with Gasteiger partial charge in [0.1, 0.15) is 23.7 Å². The van der Waals surface area contributed by atoms with Crippen LogP contribution in [-0.4, -0.2) is 48.3 Å². The molecule has 1 fully saturated rings. The van der Waals surface area contributed by atoms with Gasteiger partial charge in [-0.15, -0.1) is 0 Å². The van der Waals surface area contributed by atoms with E-state index < -0.39 is 35.5 Å². The number of nitrogens with one attached hydrogen (secondary N) is 2. The quantitative estimate of drug-likeness (QED) is 0.497. The van der Waals surface area contributed by atoms with Crippen LogP contribution in [0.2, 0.25) is 0 Å². The Hall–Kier alpha value is -4.07. The fraction of sp³-hybridized carbons (Fsp3) is 0.300. The van der Waals surface area contributed by atoms with Gasteiger partial charge in [-0.25, -0.2) is 8.78 Å². The van der Waals surface area contributed by atoms with Gasteiger partial charge in [-0.3, -0.25) is 14.4 Å². The van der Waals surface area contributed by atoms with Crippen LogP contribution in [0.1, 0.15) is 41.9 Å². The van der Waals surface area contributed by atoms with Gasteiger partial charge in [0.15, 0.2) is 0 Å². The van der Waals surface area contributed by atoms with Crippen molar-refractivity contribution in [1.29, 1.82) is 0 Å². The molecule has 3 aromatic carbocycles. The minimum atomic E-state index is -0.969. The van der Waals surface area contributed by atoms with Crippen molar-refractivity contribution < 1.29 is 23.2 Å². The Morgan fingerprint density at radius 2 is 1.53 bits per heavy atom. The molecule has 0 aromatic heterocycles. The fourth-order valence-corrected chi connectivity index (χ4v) is 5.04. The molecule has 0 unspecified atom stereocenters. The number of amides is 3. The van der Waals surface area contributed by atoms with E-state index >= 15 is 0 Å². The normalized spacial score (nSPS) is 20.4. The molecule has 38 heavy (non-hydrogen) atoms. The summed E-state index contributed by atoms with van der Waals surface area (Å²) in [5.41, 5.74) is 2.21. The van der Waals surface area contributed by atoms with E-state index in [0.29, 0.717) is 13.0 Å². The van der Waals surface area contributed by atoms with E-state index in [1.54, 1.807) is 11.9 Å². The smallest absolute Gasteiger partial charge is 0.245 e. The Bertz CT molecular complexity index is 1270. The summed E-state index contributed by atoms with van der Waals surface area (Å²) in [4.78, 5) is 40.9. The predicted octanol–water partition coefficient (Wildman–Crippen LogP) is 3.93. The van der Waals surface area contributed by atoms with Crippen molar-refractivity contribution in [2.75, 3.05) is 13.6 Å². The number of likely N-dealkylation sites (N-methyl/N-ethyl adjacent to an activating group) is 1. The summed E-state index contributed by atoms with van der Waals surface area (Å²) in [7, 11) is 1.73. The summed E-state index contributed by atoms with van der Waals surface area (Å²) < 4.78 is 26.9. The fourth-order valence-electron chi connectivity index (χ4n) is 5.04. The zero-order valence-electron chi connectivity index (χ0n) is 21.4. The molecule has 6 nitrogen and oxygen atoms in total. The molecule has 1 saturated heterocycles. The van der Waals surface area contributed by atoms with Crippen LogP contribution in [0.25, 0.3) is 0 Å². The summed E-state index contributed by atoms with van der Waals surface area (Å²) in [6.07, 6.45) is 0.351. The van der Waals surface area contributed by atoms with Gasteiger partial charge in [0.05, 0.1) is 6.42 Å². The van der Waals surface area contributed by atoms with Crippen LogP contribution in [0, 0.1) is 11.6 Å². The lowest BCUT2D eigenvalue weighted by Gasteiger charge is -2.28. The zero-order chi connectivity index (χ0) is 27.2. The highest BCUT2D eigenvalue weighted by atomic mass is 19.1. The van der Waals surface area contributed by atoms with Crippen LogP contribution in [-0.2, 0) is 20.8 Å². The Labute approximate surface area is 221 Å². The average molecular weight is 520 g/mol. The van der Waals surface area contributed by atoms with Crippen molar-refractivity contribution in [2.45, 2.75) is 43.7 Å². The summed E-state index contributed by atoms with van der Waals surface area (Å²) >= 11 is 0. The van der Waals surface area contributed by atoms with Crippen LogP contribution in [0.5, 0.6) is 0 Å². The van der Waals surface area contributed by atoms with E-state index in [1.807, 2.05) is 60.7 Å². The summed E-state index contributed by atoms with van der Waals surface area (Å²) in [5, 5.41) is 5.45. The number of likely N-dealkylation sites (tertiary alicyclic amines) is 1. The zero-order valence-corrected chi connectivity index (χ0v) is 21.4. The van der Waals surface area contributed by atoms with Crippen molar-refractivity contribution in [3.8, 4) is 0 Å². The number of hydrogen-bond acceptors (Lipinski definition) is 3. The van der Waals surface area contributed by atoms with Crippen molar-refractivity contribution >= 4 is 17.7 Å². The Morgan fingerprint density at radius 1 is 0.947 bits per heavy atom. The maximum absolute atomic E-state index is 13.5. The van der Waals surface area contributed by atoms with Crippen LogP contribution < -0.4 is 10.6 Å². The largest absolute Gasteiger partial charge is 0.344 e. The number of carbonyl (C=O) groups is 3. The third kappa shape index (κ3) is 6.62. The van der Waals surface area contributed by atoms with Crippen molar-refractivity contribution in [1.82, 2.24) is 15.5 Å². The van der Waals surface area contributed by atoms with E-state index in [2.05, 4.69) is 10.6 Å². The number of rotatable bonds is 7. The third-order valence-corrected chi connectivity index (χ3v) is 6.93. The number of carbonyl (C=O) groups excluding carboxylic acids is 3. The number of benzene rings is 3. The molecule has 0 spiro atoms. The van der Waals surface area contributed by atoms with Gasteiger partial charge in [0.25, 0.3) is 0 Å². The summed E-state index contributed by atoms with van der Waals surface area (Å²) in [6, 6.07) is 20.7. The molecule has 3 amide bonds. The SMILES string of the molecule is C[C@H](NC(=O)Cc1cc(F)cc(F)c1)C(=O)N[C@@H]1C(=O)N(C)C[C@H](c2ccccc2)C[C@@H]1c1ccccc1. The van der Waals surface area contributed by atoms with Gasteiger partial charge in [-0.1, -0.05) is 60.7 Å². The standard InChI is InChI=1S/C30H31F2N3O3/c1-19(33-27(36)15-20-13-24(31)17-25(32)14-20)29(37)34-28-26(22-11-7-4-8-12-22)16-23(18-35(2)30(28)38)21-9-5-3-6-10-21/h3-14,17,19,23,26,28H,15-16,18H2,1-2H3,(H,33,36)(H,34,37)/t19-,23+,26+,28-/m0/s1. The summed E-state index contributed by atoms with van der Waals surface area (Å²) in [5.74, 6) is -3.08. The predicted molar refractivity (Wildman–Crippen MR) is 140 cm³/mol. The van der Waals surface area contributed by atoms with Crippen LogP contribution in [0.4, 0.5) is 8.78 Å². The van der Waals surface area contributed by atoms with Crippen LogP contribution >= 0.6 is 0 Å².